The Morgan fingerprint density at radius 1 is 1.58 bits per heavy atom. The first kappa shape index (κ1) is 9.05. The summed E-state index contributed by atoms with van der Waals surface area (Å²) >= 11 is 0. The third kappa shape index (κ3) is 1.58. The highest BCUT2D eigenvalue weighted by Crippen LogP contribution is 2.12. The maximum atomic E-state index is 11.2. The first-order valence-corrected chi connectivity index (χ1v) is 4.95. The van der Waals surface area contributed by atoms with E-state index in [0.717, 1.165) is 10.5 Å². The first-order chi connectivity index (χ1) is 5.58. The molecule has 0 unspecified atom stereocenters. The van der Waals surface area contributed by atoms with Gasteiger partial charge in [0.25, 0.3) is 0 Å². The summed E-state index contributed by atoms with van der Waals surface area (Å²) in [5, 5.41) is 0. The van der Waals surface area contributed by atoms with Crippen molar-refractivity contribution in [2.45, 2.75) is 12.8 Å². The molecule has 0 radical (unpaired) electrons. The topological polar surface area (TPSA) is 66.5 Å². The number of hydrogen-bond donors (Lipinski definition) is 1. The summed E-state index contributed by atoms with van der Waals surface area (Å²) in [5.41, 5.74) is 0. The smallest absolute Gasteiger partial charge is 0.274 e. The van der Waals surface area contributed by atoms with Gasteiger partial charge in [-0.2, -0.15) is 8.42 Å². The lowest BCUT2D eigenvalue weighted by Crippen LogP contribution is -2.38. The molecule has 12 heavy (non-hydrogen) atoms. The highest BCUT2D eigenvalue weighted by atomic mass is 32.2. The molecule has 0 aromatic rings. The maximum Gasteiger partial charge on any atom is 0.325 e. The Kier molecular flexibility index (Phi) is 2.37. The summed E-state index contributed by atoms with van der Waals surface area (Å²) in [6.45, 7) is 3.48. The molecule has 0 atom stereocenters. The molecule has 6 heteroatoms. The monoisotopic (exact) mass is 190 g/mol. The zero-order valence-corrected chi connectivity index (χ0v) is 7.30. The molecule has 0 aromatic heterocycles. The number of amides is 1. The number of carbonyl (C=O) groups excluding carboxylic acids is 1. The van der Waals surface area contributed by atoms with Gasteiger partial charge in [-0.15, -0.1) is 0 Å². The molecule has 0 spiro atoms. The SMILES string of the molecule is C=CNS(=O)(=O)N1CCCC1=O. The summed E-state index contributed by atoms with van der Waals surface area (Å²) in [6, 6.07) is 0. The minimum absolute atomic E-state index is 0.266. The van der Waals surface area contributed by atoms with E-state index >= 15 is 0 Å². The molecular formula is C6H10N2O3S. The fraction of sp³-hybridized carbons (Fsp3) is 0.500. The van der Waals surface area contributed by atoms with Crippen LogP contribution < -0.4 is 4.72 Å². The second kappa shape index (κ2) is 3.14. The van der Waals surface area contributed by atoms with Crippen molar-refractivity contribution in [2.75, 3.05) is 6.54 Å². The second-order valence-electron chi connectivity index (χ2n) is 2.40. The summed E-state index contributed by atoms with van der Waals surface area (Å²) in [7, 11) is -3.64. The Hall–Kier alpha value is -1.04. The summed E-state index contributed by atoms with van der Waals surface area (Å²) < 4.78 is 25.2. The Balaban J connectivity index is 2.81. The standard InChI is InChI=1S/C6H10N2O3S/c1-2-7-12(10,11)8-5-3-4-6(8)9/h2,7H,1,3-5H2. The van der Waals surface area contributed by atoms with Crippen LogP contribution in [0.4, 0.5) is 0 Å². The van der Waals surface area contributed by atoms with Crippen molar-refractivity contribution >= 4 is 16.1 Å². The third-order valence-corrected chi connectivity index (χ3v) is 2.98. The van der Waals surface area contributed by atoms with Crippen molar-refractivity contribution in [3.63, 3.8) is 0 Å². The van der Waals surface area contributed by atoms with Gasteiger partial charge < -0.3 is 0 Å². The molecule has 1 N–H and O–H groups in total. The van der Waals surface area contributed by atoms with Gasteiger partial charge in [0, 0.05) is 19.2 Å². The fourth-order valence-corrected chi connectivity index (χ4v) is 2.11. The van der Waals surface area contributed by atoms with Gasteiger partial charge in [0.1, 0.15) is 0 Å². The van der Waals surface area contributed by atoms with E-state index in [9.17, 15) is 13.2 Å². The van der Waals surface area contributed by atoms with Crippen molar-refractivity contribution in [2.24, 2.45) is 0 Å². The van der Waals surface area contributed by atoms with E-state index in [-0.39, 0.29) is 12.5 Å². The number of carbonyl (C=O) groups is 1. The van der Waals surface area contributed by atoms with Crippen molar-refractivity contribution in [3.8, 4) is 0 Å². The first-order valence-electron chi connectivity index (χ1n) is 3.51. The third-order valence-electron chi connectivity index (χ3n) is 1.55. The van der Waals surface area contributed by atoms with Gasteiger partial charge in [0.2, 0.25) is 5.91 Å². The van der Waals surface area contributed by atoms with Crippen LogP contribution in [0.3, 0.4) is 0 Å². The number of hydrogen-bond acceptors (Lipinski definition) is 3. The lowest BCUT2D eigenvalue weighted by atomic mass is 10.4. The van der Waals surface area contributed by atoms with E-state index in [1.807, 2.05) is 4.72 Å². The Morgan fingerprint density at radius 3 is 2.67 bits per heavy atom. The molecule has 5 nitrogen and oxygen atoms in total. The van der Waals surface area contributed by atoms with Gasteiger partial charge >= 0.3 is 10.2 Å². The minimum atomic E-state index is -3.64. The predicted octanol–water partition coefficient (Wildman–Crippen LogP) is -0.413. The minimum Gasteiger partial charge on any atom is -0.274 e. The van der Waals surface area contributed by atoms with Gasteiger partial charge in [-0.3, -0.25) is 9.52 Å². The average molecular weight is 190 g/mol. The number of nitrogens with one attached hydrogen (secondary N) is 1. The van der Waals surface area contributed by atoms with Gasteiger partial charge in [0.15, 0.2) is 0 Å². The van der Waals surface area contributed by atoms with Crippen LogP contribution >= 0.6 is 0 Å². The molecule has 1 amide bonds. The fourth-order valence-electron chi connectivity index (χ4n) is 1.05. The molecule has 0 bridgehead atoms. The van der Waals surface area contributed by atoms with Crippen LogP contribution in [0.15, 0.2) is 12.8 Å². The summed E-state index contributed by atoms with van der Waals surface area (Å²) in [4.78, 5) is 11.0. The van der Waals surface area contributed by atoms with Crippen LogP contribution in [-0.4, -0.2) is 25.2 Å². The van der Waals surface area contributed by atoms with Crippen LogP contribution in [-0.2, 0) is 15.0 Å². The van der Waals surface area contributed by atoms with E-state index in [2.05, 4.69) is 6.58 Å². The van der Waals surface area contributed by atoms with Gasteiger partial charge in [-0.1, -0.05) is 6.58 Å². The summed E-state index contributed by atoms with van der Waals surface area (Å²) in [6.07, 6.45) is 1.94. The molecule has 1 heterocycles. The molecular weight excluding hydrogens is 180 g/mol. The highest BCUT2D eigenvalue weighted by molar-refractivity contribution is 7.87. The summed E-state index contributed by atoms with van der Waals surface area (Å²) in [5.74, 6) is -0.357. The van der Waals surface area contributed by atoms with Crippen molar-refractivity contribution in [1.29, 1.82) is 0 Å². The van der Waals surface area contributed by atoms with Gasteiger partial charge in [-0.05, 0) is 6.42 Å². The number of rotatable bonds is 3. The van der Waals surface area contributed by atoms with E-state index < -0.39 is 10.2 Å². The maximum absolute atomic E-state index is 11.2. The van der Waals surface area contributed by atoms with E-state index in [4.69, 9.17) is 0 Å². The van der Waals surface area contributed by atoms with Crippen LogP contribution in [0, 0.1) is 0 Å². The molecule has 0 aliphatic carbocycles. The molecule has 1 rings (SSSR count). The number of nitrogens with zero attached hydrogens (tertiary/aromatic N) is 1. The van der Waals surface area contributed by atoms with Gasteiger partial charge in [-0.25, -0.2) is 4.31 Å². The predicted molar refractivity (Wildman–Crippen MR) is 43.2 cm³/mol. The Morgan fingerprint density at radius 2 is 2.25 bits per heavy atom. The van der Waals surface area contributed by atoms with Crippen LogP contribution in [0.1, 0.15) is 12.8 Å². The average Bonchev–Trinajstić information content (AvgIpc) is 2.35. The molecule has 0 saturated carbocycles. The van der Waals surface area contributed by atoms with Crippen molar-refractivity contribution < 1.29 is 13.2 Å². The molecule has 0 aromatic carbocycles. The quantitative estimate of drug-likeness (QED) is 0.657. The van der Waals surface area contributed by atoms with Crippen LogP contribution in [0.2, 0.25) is 0 Å². The normalized spacial score (nSPS) is 18.0. The lowest BCUT2D eigenvalue weighted by Gasteiger charge is -2.14. The highest BCUT2D eigenvalue weighted by Gasteiger charge is 2.30. The Bertz CT molecular complexity index is 296. The molecule has 1 aliphatic rings. The Labute approximate surface area is 71.2 Å². The van der Waals surface area contributed by atoms with E-state index in [1.54, 1.807) is 0 Å². The zero-order valence-electron chi connectivity index (χ0n) is 6.49. The van der Waals surface area contributed by atoms with E-state index in [1.165, 1.54) is 0 Å². The second-order valence-corrected chi connectivity index (χ2v) is 4.02. The van der Waals surface area contributed by atoms with E-state index in [0.29, 0.717) is 12.8 Å². The molecule has 1 aliphatic heterocycles. The zero-order chi connectivity index (χ0) is 9.19. The molecule has 1 fully saturated rings. The van der Waals surface area contributed by atoms with Crippen LogP contribution in [0.25, 0.3) is 0 Å². The molecule has 1 saturated heterocycles. The van der Waals surface area contributed by atoms with Crippen molar-refractivity contribution in [3.05, 3.63) is 12.8 Å². The lowest BCUT2D eigenvalue weighted by molar-refractivity contribution is -0.123. The van der Waals surface area contributed by atoms with Gasteiger partial charge in [0.05, 0.1) is 0 Å². The van der Waals surface area contributed by atoms with Crippen LogP contribution in [0.5, 0.6) is 0 Å². The largest absolute Gasteiger partial charge is 0.325 e. The van der Waals surface area contributed by atoms with Crippen molar-refractivity contribution in [1.82, 2.24) is 9.03 Å². The molecule has 68 valence electrons.